The molecule has 0 unspecified atom stereocenters. The van der Waals surface area contributed by atoms with Crippen molar-refractivity contribution in [3.8, 4) is 0 Å². The summed E-state index contributed by atoms with van der Waals surface area (Å²) in [5.41, 5.74) is 0.389. The molecule has 0 fully saturated rings. The van der Waals surface area contributed by atoms with Crippen molar-refractivity contribution in [2.24, 2.45) is 0 Å². The molecule has 3 nitrogen and oxygen atoms in total. The van der Waals surface area contributed by atoms with Gasteiger partial charge < -0.3 is 9.84 Å². The van der Waals surface area contributed by atoms with Crippen molar-refractivity contribution in [2.45, 2.75) is 27.7 Å². The number of carboxylic acids is 1. The SMILES string of the molecule is CC=C(C)C(=O)O.CCOCC. The number of aliphatic carboxylic acids is 1. The molecule has 0 spiro atoms. The van der Waals surface area contributed by atoms with E-state index in [-0.39, 0.29) is 0 Å². The highest BCUT2D eigenvalue weighted by molar-refractivity contribution is 5.85. The highest BCUT2D eigenvalue weighted by Gasteiger charge is 1.93. The summed E-state index contributed by atoms with van der Waals surface area (Å²) in [5, 5.41) is 8.11. The summed E-state index contributed by atoms with van der Waals surface area (Å²) >= 11 is 0. The van der Waals surface area contributed by atoms with Crippen LogP contribution in [-0.4, -0.2) is 24.3 Å². The number of rotatable bonds is 3. The quantitative estimate of drug-likeness (QED) is 0.666. The van der Waals surface area contributed by atoms with Gasteiger partial charge in [0.2, 0.25) is 0 Å². The van der Waals surface area contributed by atoms with E-state index < -0.39 is 5.97 Å². The number of hydrogen-bond acceptors (Lipinski definition) is 2. The molecule has 0 atom stereocenters. The molecule has 12 heavy (non-hydrogen) atoms. The molecule has 0 heterocycles. The van der Waals surface area contributed by atoms with Gasteiger partial charge in [-0.15, -0.1) is 0 Å². The number of allylic oxidation sites excluding steroid dienone is 1. The lowest BCUT2D eigenvalue weighted by Gasteiger charge is -1.86. The molecule has 72 valence electrons. The Morgan fingerprint density at radius 1 is 1.42 bits per heavy atom. The average molecular weight is 174 g/mol. The second kappa shape index (κ2) is 10.2. The van der Waals surface area contributed by atoms with Crippen LogP contribution in [0.25, 0.3) is 0 Å². The molecule has 0 saturated carbocycles. The van der Waals surface area contributed by atoms with Gasteiger partial charge in [0.1, 0.15) is 0 Å². The smallest absolute Gasteiger partial charge is 0.330 e. The van der Waals surface area contributed by atoms with Gasteiger partial charge in [0, 0.05) is 18.8 Å². The number of carbonyl (C=O) groups is 1. The van der Waals surface area contributed by atoms with Crippen LogP contribution in [0.3, 0.4) is 0 Å². The van der Waals surface area contributed by atoms with Crippen molar-refractivity contribution in [2.75, 3.05) is 13.2 Å². The first-order chi connectivity index (χ1) is 5.59. The van der Waals surface area contributed by atoms with Crippen molar-refractivity contribution in [3.05, 3.63) is 11.6 Å². The van der Waals surface area contributed by atoms with Crippen molar-refractivity contribution in [3.63, 3.8) is 0 Å². The fourth-order valence-electron chi connectivity index (χ4n) is 0.328. The average Bonchev–Trinajstić information content (AvgIpc) is 2.05. The molecular formula is C9H18O3. The molecule has 1 N–H and O–H groups in total. The van der Waals surface area contributed by atoms with Crippen LogP contribution < -0.4 is 0 Å². The Morgan fingerprint density at radius 2 is 1.83 bits per heavy atom. The third-order valence-corrected chi connectivity index (χ3v) is 1.18. The van der Waals surface area contributed by atoms with Crippen molar-refractivity contribution in [1.29, 1.82) is 0 Å². The van der Waals surface area contributed by atoms with Gasteiger partial charge in [-0.05, 0) is 27.7 Å². The molecular weight excluding hydrogens is 156 g/mol. The van der Waals surface area contributed by atoms with Crippen molar-refractivity contribution in [1.82, 2.24) is 0 Å². The maximum absolute atomic E-state index is 9.86. The molecule has 0 saturated heterocycles. The van der Waals surface area contributed by atoms with Gasteiger partial charge in [-0.3, -0.25) is 0 Å². The molecule has 0 aliphatic carbocycles. The molecule has 0 aromatic rings. The highest BCUT2D eigenvalue weighted by atomic mass is 16.5. The van der Waals surface area contributed by atoms with Gasteiger partial charge >= 0.3 is 5.97 Å². The Balaban J connectivity index is 0. The van der Waals surface area contributed by atoms with Crippen LogP contribution in [0.15, 0.2) is 11.6 Å². The molecule has 0 aliphatic heterocycles. The summed E-state index contributed by atoms with van der Waals surface area (Å²) in [6.07, 6.45) is 1.56. The number of ether oxygens (including phenoxy) is 1. The van der Waals surface area contributed by atoms with E-state index in [1.165, 1.54) is 0 Å². The normalized spacial score (nSPS) is 10.2. The maximum Gasteiger partial charge on any atom is 0.330 e. The first kappa shape index (κ1) is 13.7. The fourth-order valence-corrected chi connectivity index (χ4v) is 0.328. The Labute approximate surface area is 74.0 Å². The summed E-state index contributed by atoms with van der Waals surface area (Å²) in [4.78, 5) is 9.86. The first-order valence-electron chi connectivity index (χ1n) is 4.04. The second-order valence-corrected chi connectivity index (χ2v) is 2.06. The second-order valence-electron chi connectivity index (χ2n) is 2.06. The lowest BCUT2D eigenvalue weighted by Crippen LogP contribution is -1.93. The zero-order chi connectivity index (χ0) is 9.98. The molecule has 0 bridgehead atoms. The topological polar surface area (TPSA) is 46.5 Å². The summed E-state index contributed by atoms with van der Waals surface area (Å²) in [5.74, 6) is -0.845. The van der Waals surface area contributed by atoms with Gasteiger partial charge in [0.05, 0.1) is 0 Å². The highest BCUT2D eigenvalue weighted by Crippen LogP contribution is 1.87. The van der Waals surface area contributed by atoms with E-state index in [2.05, 4.69) is 0 Å². The standard InChI is InChI=1S/C5H8O2.C4H10O/c1-3-4(2)5(6)7;1-3-5-4-2/h3H,1-2H3,(H,6,7);3-4H2,1-2H3. The van der Waals surface area contributed by atoms with Crippen molar-refractivity contribution >= 4 is 5.97 Å². The van der Waals surface area contributed by atoms with Crippen LogP contribution in [0.1, 0.15) is 27.7 Å². The van der Waals surface area contributed by atoms with E-state index in [9.17, 15) is 4.79 Å². The summed E-state index contributed by atoms with van der Waals surface area (Å²) < 4.78 is 4.83. The minimum absolute atomic E-state index is 0.389. The van der Waals surface area contributed by atoms with Crippen LogP contribution in [0, 0.1) is 0 Å². The van der Waals surface area contributed by atoms with Crippen LogP contribution in [-0.2, 0) is 9.53 Å². The Morgan fingerprint density at radius 3 is 1.83 bits per heavy atom. The predicted octanol–water partition coefficient (Wildman–Crippen LogP) is 2.08. The molecule has 0 amide bonds. The lowest BCUT2D eigenvalue weighted by molar-refractivity contribution is -0.132. The lowest BCUT2D eigenvalue weighted by atomic mass is 10.3. The van der Waals surface area contributed by atoms with E-state index in [0.717, 1.165) is 13.2 Å². The van der Waals surface area contributed by atoms with Crippen LogP contribution in [0.5, 0.6) is 0 Å². The molecule has 0 aliphatic rings. The molecule has 0 radical (unpaired) electrons. The zero-order valence-electron chi connectivity index (χ0n) is 8.26. The zero-order valence-corrected chi connectivity index (χ0v) is 8.26. The summed E-state index contributed by atoms with van der Waals surface area (Å²) in [6, 6.07) is 0. The van der Waals surface area contributed by atoms with Crippen molar-refractivity contribution < 1.29 is 14.6 Å². The molecule has 3 heteroatoms. The van der Waals surface area contributed by atoms with Crippen LogP contribution in [0.4, 0.5) is 0 Å². The monoisotopic (exact) mass is 174 g/mol. The largest absolute Gasteiger partial charge is 0.478 e. The fraction of sp³-hybridized carbons (Fsp3) is 0.667. The van der Waals surface area contributed by atoms with E-state index in [0.29, 0.717) is 5.57 Å². The van der Waals surface area contributed by atoms with E-state index in [4.69, 9.17) is 9.84 Å². The van der Waals surface area contributed by atoms with E-state index in [1.807, 2.05) is 13.8 Å². The van der Waals surface area contributed by atoms with Gasteiger partial charge in [0.15, 0.2) is 0 Å². The first-order valence-corrected chi connectivity index (χ1v) is 4.04. The molecule has 0 aromatic carbocycles. The van der Waals surface area contributed by atoms with Gasteiger partial charge in [-0.25, -0.2) is 4.79 Å². The van der Waals surface area contributed by atoms with Gasteiger partial charge in [-0.2, -0.15) is 0 Å². The molecule has 0 rings (SSSR count). The van der Waals surface area contributed by atoms with E-state index >= 15 is 0 Å². The van der Waals surface area contributed by atoms with Crippen LogP contribution >= 0.6 is 0 Å². The summed E-state index contributed by atoms with van der Waals surface area (Å²) in [7, 11) is 0. The Hall–Kier alpha value is -0.830. The van der Waals surface area contributed by atoms with Gasteiger partial charge in [0.25, 0.3) is 0 Å². The van der Waals surface area contributed by atoms with Gasteiger partial charge in [-0.1, -0.05) is 6.08 Å². The van der Waals surface area contributed by atoms with Crippen LogP contribution in [0.2, 0.25) is 0 Å². The minimum atomic E-state index is -0.845. The predicted molar refractivity (Wildman–Crippen MR) is 49.2 cm³/mol. The Bertz CT molecular complexity index is 137. The minimum Gasteiger partial charge on any atom is -0.478 e. The summed E-state index contributed by atoms with van der Waals surface area (Å²) in [6.45, 7) is 8.92. The third kappa shape index (κ3) is 11.9. The third-order valence-electron chi connectivity index (χ3n) is 1.18. The Kier molecular flexibility index (Phi) is 11.6. The number of carboxylic acid groups (broad SMARTS) is 1. The number of hydrogen-bond donors (Lipinski definition) is 1. The maximum atomic E-state index is 9.86. The molecule has 0 aromatic heterocycles. The van der Waals surface area contributed by atoms with E-state index in [1.54, 1.807) is 19.9 Å².